The van der Waals surface area contributed by atoms with Gasteiger partial charge in [0.25, 0.3) is 5.91 Å². The molecule has 6 heteroatoms. The Morgan fingerprint density at radius 1 is 1.38 bits per heavy atom. The lowest BCUT2D eigenvalue weighted by Crippen LogP contribution is -2.37. The van der Waals surface area contributed by atoms with Crippen LogP contribution in [0.3, 0.4) is 0 Å². The number of carbonyl (C=O) groups excluding carboxylic acids is 1. The third-order valence-electron chi connectivity index (χ3n) is 1.86. The van der Waals surface area contributed by atoms with Crippen molar-refractivity contribution in [2.45, 2.75) is 13.0 Å². The Kier molecular flexibility index (Phi) is 5.92. The molecule has 0 bridgehead atoms. The van der Waals surface area contributed by atoms with Gasteiger partial charge in [-0.1, -0.05) is 0 Å². The second-order valence-corrected chi connectivity index (χ2v) is 3.27. The highest BCUT2D eigenvalue weighted by molar-refractivity contribution is 5.94. The molecule has 1 aromatic rings. The molecule has 0 saturated carbocycles. The molecule has 1 rings (SSSR count). The van der Waals surface area contributed by atoms with Crippen molar-refractivity contribution >= 4 is 18.3 Å². The van der Waals surface area contributed by atoms with Crippen molar-refractivity contribution in [1.82, 2.24) is 5.32 Å². The van der Waals surface area contributed by atoms with E-state index in [1.165, 1.54) is 0 Å². The normalized spacial score (nSPS) is 11.5. The Hall–Kier alpha value is -1.20. The number of rotatable bonds is 3. The molecule has 0 fully saturated rings. The minimum absolute atomic E-state index is 0. The van der Waals surface area contributed by atoms with Gasteiger partial charge in [-0.2, -0.15) is 0 Å². The van der Waals surface area contributed by atoms with Crippen LogP contribution in [0.15, 0.2) is 18.2 Å². The van der Waals surface area contributed by atoms with Crippen molar-refractivity contribution in [3.63, 3.8) is 0 Å². The molecule has 3 nitrogen and oxygen atoms in total. The number of hydrogen-bond acceptors (Lipinski definition) is 2. The van der Waals surface area contributed by atoms with E-state index in [4.69, 9.17) is 5.73 Å². The molecule has 90 valence electrons. The lowest BCUT2D eigenvalue weighted by molar-refractivity contribution is 0.0940. The monoisotopic (exact) mass is 250 g/mol. The predicted octanol–water partition coefficient (Wildman–Crippen LogP) is 1.46. The summed E-state index contributed by atoms with van der Waals surface area (Å²) in [6, 6.07) is 2.43. The molecule has 16 heavy (non-hydrogen) atoms. The van der Waals surface area contributed by atoms with E-state index in [-0.39, 0.29) is 30.6 Å². The average Bonchev–Trinajstić information content (AvgIpc) is 2.16. The SMILES string of the molecule is C[C@H](CN)NC(=O)c1cc(F)cc(F)c1.Cl. The molecule has 0 spiro atoms. The smallest absolute Gasteiger partial charge is 0.251 e. The Labute approximate surface area is 98.4 Å². The van der Waals surface area contributed by atoms with Crippen LogP contribution < -0.4 is 11.1 Å². The molecule has 1 atom stereocenters. The van der Waals surface area contributed by atoms with Crippen molar-refractivity contribution in [2.75, 3.05) is 6.54 Å². The van der Waals surface area contributed by atoms with Crippen molar-refractivity contribution in [3.05, 3.63) is 35.4 Å². The molecular weight excluding hydrogens is 238 g/mol. The molecule has 0 aliphatic carbocycles. The molecule has 0 aliphatic rings. The summed E-state index contributed by atoms with van der Waals surface area (Å²) in [5.74, 6) is -2.09. The zero-order chi connectivity index (χ0) is 11.4. The summed E-state index contributed by atoms with van der Waals surface area (Å²) in [6.45, 7) is 1.97. The van der Waals surface area contributed by atoms with Gasteiger partial charge in [0.2, 0.25) is 0 Å². The predicted molar refractivity (Wildman–Crippen MR) is 59.6 cm³/mol. The number of hydrogen-bond donors (Lipinski definition) is 2. The van der Waals surface area contributed by atoms with Crippen LogP contribution in [0.25, 0.3) is 0 Å². The summed E-state index contributed by atoms with van der Waals surface area (Å²) in [7, 11) is 0. The van der Waals surface area contributed by atoms with E-state index in [9.17, 15) is 13.6 Å². The fourth-order valence-electron chi connectivity index (χ4n) is 1.05. The molecule has 1 aromatic carbocycles. The van der Waals surface area contributed by atoms with Gasteiger partial charge in [0.05, 0.1) is 0 Å². The van der Waals surface area contributed by atoms with Gasteiger partial charge in [-0.15, -0.1) is 12.4 Å². The summed E-state index contributed by atoms with van der Waals surface area (Å²) < 4.78 is 25.5. The molecule has 0 heterocycles. The van der Waals surface area contributed by atoms with Gasteiger partial charge in [-0.25, -0.2) is 8.78 Å². The number of benzene rings is 1. The van der Waals surface area contributed by atoms with Crippen LogP contribution in [0.4, 0.5) is 8.78 Å². The molecule has 3 N–H and O–H groups in total. The Bertz CT molecular complexity index is 354. The summed E-state index contributed by atoms with van der Waals surface area (Å²) in [5, 5.41) is 2.50. The van der Waals surface area contributed by atoms with E-state index in [0.717, 1.165) is 12.1 Å². The summed E-state index contributed by atoms with van der Waals surface area (Å²) in [5.41, 5.74) is 5.25. The second-order valence-electron chi connectivity index (χ2n) is 3.27. The third-order valence-corrected chi connectivity index (χ3v) is 1.86. The van der Waals surface area contributed by atoms with E-state index in [0.29, 0.717) is 6.07 Å². The van der Waals surface area contributed by atoms with Crippen LogP contribution >= 0.6 is 12.4 Å². The van der Waals surface area contributed by atoms with Gasteiger partial charge in [0.15, 0.2) is 0 Å². The first kappa shape index (κ1) is 14.8. The highest BCUT2D eigenvalue weighted by Gasteiger charge is 2.10. The van der Waals surface area contributed by atoms with E-state index < -0.39 is 17.5 Å². The summed E-state index contributed by atoms with van der Waals surface area (Å²) in [4.78, 5) is 11.4. The van der Waals surface area contributed by atoms with E-state index in [2.05, 4.69) is 5.32 Å². The zero-order valence-electron chi connectivity index (χ0n) is 8.67. The van der Waals surface area contributed by atoms with E-state index >= 15 is 0 Å². The number of carbonyl (C=O) groups is 1. The maximum Gasteiger partial charge on any atom is 0.251 e. The topological polar surface area (TPSA) is 55.1 Å². The van der Waals surface area contributed by atoms with Crippen LogP contribution in [0, 0.1) is 11.6 Å². The van der Waals surface area contributed by atoms with Crippen LogP contribution in [-0.2, 0) is 0 Å². The Morgan fingerprint density at radius 2 is 1.88 bits per heavy atom. The Balaban J connectivity index is 0.00000225. The molecule has 0 aliphatic heterocycles. The molecule has 0 radical (unpaired) electrons. The molecular formula is C10H13ClF2N2O. The number of nitrogens with two attached hydrogens (primary N) is 1. The number of nitrogens with one attached hydrogen (secondary N) is 1. The van der Waals surface area contributed by atoms with Crippen LogP contribution in [0.1, 0.15) is 17.3 Å². The van der Waals surface area contributed by atoms with Crippen LogP contribution in [0.5, 0.6) is 0 Å². The van der Waals surface area contributed by atoms with Gasteiger partial charge in [0.1, 0.15) is 11.6 Å². The van der Waals surface area contributed by atoms with E-state index in [1.54, 1.807) is 6.92 Å². The number of halogens is 3. The largest absolute Gasteiger partial charge is 0.348 e. The molecule has 0 unspecified atom stereocenters. The first-order chi connectivity index (χ1) is 7.02. The fourth-order valence-corrected chi connectivity index (χ4v) is 1.05. The first-order valence-electron chi connectivity index (χ1n) is 4.50. The standard InChI is InChI=1S/C10H12F2N2O.ClH/c1-6(5-13)14-10(15)7-2-8(11)4-9(12)3-7;/h2-4,6H,5,13H2,1H3,(H,14,15);1H/t6-;/m1./s1. The lowest BCUT2D eigenvalue weighted by Gasteiger charge is -2.11. The van der Waals surface area contributed by atoms with Crippen LogP contribution in [-0.4, -0.2) is 18.5 Å². The fraction of sp³-hybridized carbons (Fsp3) is 0.300. The maximum atomic E-state index is 12.8. The zero-order valence-corrected chi connectivity index (χ0v) is 9.48. The van der Waals surface area contributed by atoms with Crippen molar-refractivity contribution in [2.24, 2.45) is 5.73 Å². The van der Waals surface area contributed by atoms with Crippen molar-refractivity contribution < 1.29 is 13.6 Å². The van der Waals surface area contributed by atoms with E-state index in [1.807, 2.05) is 0 Å². The van der Waals surface area contributed by atoms with Gasteiger partial charge >= 0.3 is 0 Å². The molecule has 0 aromatic heterocycles. The molecule has 1 amide bonds. The van der Waals surface area contributed by atoms with Gasteiger partial charge in [-0.3, -0.25) is 4.79 Å². The first-order valence-corrected chi connectivity index (χ1v) is 4.50. The lowest BCUT2D eigenvalue weighted by atomic mass is 10.2. The van der Waals surface area contributed by atoms with Crippen LogP contribution in [0.2, 0.25) is 0 Å². The van der Waals surface area contributed by atoms with Crippen molar-refractivity contribution in [1.29, 1.82) is 0 Å². The number of amides is 1. The Morgan fingerprint density at radius 3 is 2.31 bits per heavy atom. The highest BCUT2D eigenvalue weighted by atomic mass is 35.5. The summed E-state index contributed by atoms with van der Waals surface area (Å²) in [6.07, 6.45) is 0. The highest BCUT2D eigenvalue weighted by Crippen LogP contribution is 2.07. The van der Waals surface area contributed by atoms with Crippen molar-refractivity contribution in [3.8, 4) is 0 Å². The molecule has 0 saturated heterocycles. The third kappa shape index (κ3) is 4.12. The summed E-state index contributed by atoms with van der Waals surface area (Å²) >= 11 is 0. The maximum absolute atomic E-state index is 12.8. The van der Waals surface area contributed by atoms with Gasteiger partial charge < -0.3 is 11.1 Å². The van der Waals surface area contributed by atoms with Gasteiger partial charge in [0, 0.05) is 24.2 Å². The quantitative estimate of drug-likeness (QED) is 0.854. The minimum atomic E-state index is -0.777. The van der Waals surface area contributed by atoms with Gasteiger partial charge in [-0.05, 0) is 19.1 Å². The second kappa shape index (κ2) is 6.40. The average molecular weight is 251 g/mol. The minimum Gasteiger partial charge on any atom is -0.348 e.